The number of carbonyl (C=O) groups is 1. The summed E-state index contributed by atoms with van der Waals surface area (Å²) >= 11 is 5.93. The molecule has 1 aromatic heterocycles. The lowest BCUT2D eigenvalue weighted by molar-refractivity contribution is -0.121. The maximum absolute atomic E-state index is 12.6. The summed E-state index contributed by atoms with van der Waals surface area (Å²) in [6.07, 6.45) is 0.795. The van der Waals surface area contributed by atoms with Gasteiger partial charge in [0.05, 0.1) is 11.0 Å². The second kappa shape index (κ2) is 9.46. The first kappa shape index (κ1) is 20.0. The Morgan fingerprint density at radius 2 is 1.70 bits per heavy atom. The molecule has 0 bridgehead atoms. The molecule has 6 heteroatoms. The van der Waals surface area contributed by atoms with Crippen molar-refractivity contribution in [3.05, 3.63) is 95.3 Å². The number of nitrogens with zero attached hydrogens (tertiary/aromatic N) is 2. The minimum Gasteiger partial charge on any atom is -0.486 e. The summed E-state index contributed by atoms with van der Waals surface area (Å²) in [7, 11) is 0. The first-order chi connectivity index (χ1) is 14.7. The maximum Gasteiger partial charge on any atom is 0.240 e. The summed E-state index contributed by atoms with van der Waals surface area (Å²) in [5.74, 6) is 1.34. The van der Waals surface area contributed by atoms with E-state index in [1.165, 1.54) is 5.56 Å². The van der Waals surface area contributed by atoms with Crippen LogP contribution in [-0.4, -0.2) is 22.0 Å². The Balaban J connectivity index is 1.44. The molecule has 152 valence electrons. The van der Waals surface area contributed by atoms with Crippen LogP contribution in [0.1, 0.15) is 11.4 Å². The van der Waals surface area contributed by atoms with E-state index in [1.807, 2.05) is 59.2 Å². The largest absolute Gasteiger partial charge is 0.486 e. The molecule has 4 rings (SSSR count). The zero-order chi connectivity index (χ0) is 20.8. The number of para-hydroxylation sites is 2. The number of carbonyl (C=O) groups excluding carboxylic acids is 1. The van der Waals surface area contributed by atoms with Gasteiger partial charge in [-0.2, -0.15) is 0 Å². The number of rotatable bonds is 8. The van der Waals surface area contributed by atoms with E-state index in [9.17, 15) is 4.79 Å². The molecule has 1 amide bonds. The minimum absolute atomic E-state index is 0.0539. The summed E-state index contributed by atoms with van der Waals surface area (Å²) in [5.41, 5.74) is 2.94. The van der Waals surface area contributed by atoms with Gasteiger partial charge in [-0.3, -0.25) is 4.79 Å². The van der Waals surface area contributed by atoms with Crippen molar-refractivity contribution in [1.82, 2.24) is 14.9 Å². The molecule has 0 saturated carbocycles. The molecule has 4 aromatic rings. The number of hydrogen-bond acceptors (Lipinski definition) is 3. The van der Waals surface area contributed by atoms with Gasteiger partial charge < -0.3 is 14.6 Å². The second-order valence-corrected chi connectivity index (χ2v) is 7.37. The van der Waals surface area contributed by atoms with E-state index in [2.05, 4.69) is 22.4 Å². The van der Waals surface area contributed by atoms with E-state index in [0.29, 0.717) is 23.1 Å². The third kappa shape index (κ3) is 4.99. The average molecular weight is 420 g/mol. The maximum atomic E-state index is 12.6. The van der Waals surface area contributed by atoms with Crippen LogP contribution in [0.25, 0.3) is 11.0 Å². The fourth-order valence-corrected chi connectivity index (χ4v) is 3.41. The smallest absolute Gasteiger partial charge is 0.240 e. The zero-order valence-electron chi connectivity index (χ0n) is 16.4. The van der Waals surface area contributed by atoms with Gasteiger partial charge in [0.15, 0.2) is 0 Å². The van der Waals surface area contributed by atoms with E-state index in [4.69, 9.17) is 16.3 Å². The monoisotopic (exact) mass is 419 g/mol. The predicted octanol–water partition coefficient (Wildman–Crippen LogP) is 4.63. The number of hydrogen-bond donors (Lipinski definition) is 1. The highest BCUT2D eigenvalue weighted by Crippen LogP contribution is 2.20. The molecule has 0 aliphatic carbocycles. The number of aromatic nitrogens is 2. The number of benzene rings is 3. The first-order valence-electron chi connectivity index (χ1n) is 9.82. The van der Waals surface area contributed by atoms with Crippen molar-refractivity contribution >= 4 is 28.5 Å². The van der Waals surface area contributed by atoms with E-state index in [-0.39, 0.29) is 19.1 Å². The number of fused-ring (bicyclic) bond motifs is 1. The molecule has 0 radical (unpaired) electrons. The minimum atomic E-state index is -0.0539. The second-order valence-electron chi connectivity index (χ2n) is 6.93. The molecule has 0 aliphatic heterocycles. The zero-order valence-corrected chi connectivity index (χ0v) is 17.2. The first-order valence-corrected chi connectivity index (χ1v) is 10.2. The van der Waals surface area contributed by atoms with Crippen LogP contribution in [0.2, 0.25) is 5.02 Å². The average Bonchev–Trinajstić information content (AvgIpc) is 3.11. The van der Waals surface area contributed by atoms with E-state index in [0.717, 1.165) is 17.5 Å². The number of halogens is 1. The van der Waals surface area contributed by atoms with Crippen LogP contribution in [0.5, 0.6) is 5.75 Å². The highest BCUT2D eigenvalue weighted by molar-refractivity contribution is 6.30. The Morgan fingerprint density at radius 3 is 2.50 bits per heavy atom. The van der Waals surface area contributed by atoms with Gasteiger partial charge in [0.2, 0.25) is 5.91 Å². The molecular formula is C24H22ClN3O2. The van der Waals surface area contributed by atoms with Gasteiger partial charge in [-0.1, -0.05) is 54.1 Å². The number of amides is 1. The summed E-state index contributed by atoms with van der Waals surface area (Å²) < 4.78 is 7.77. The SMILES string of the molecule is O=C(Cn1c(COc2ccc(Cl)cc2)nc2ccccc21)NCCc1ccccc1. The normalized spacial score (nSPS) is 10.8. The highest BCUT2D eigenvalue weighted by atomic mass is 35.5. The lowest BCUT2D eigenvalue weighted by Crippen LogP contribution is -2.30. The molecule has 0 atom stereocenters. The van der Waals surface area contributed by atoms with Crippen LogP contribution in [0, 0.1) is 0 Å². The summed E-state index contributed by atoms with van der Waals surface area (Å²) in [6.45, 7) is 1.04. The molecule has 0 unspecified atom stereocenters. The summed E-state index contributed by atoms with van der Waals surface area (Å²) in [4.78, 5) is 17.3. The Labute approximate surface area is 180 Å². The Hall–Kier alpha value is -3.31. The van der Waals surface area contributed by atoms with Crippen LogP contribution in [0.15, 0.2) is 78.9 Å². The van der Waals surface area contributed by atoms with Crippen molar-refractivity contribution in [2.75, 3.05) is 6.54 Å². The van der Waals surface area contributed by atoms with Gasteiger partial charge in [0, 0.05) is 11.6 Å². The fraction of sp³-hybridized carbons (Fsp3) is 0.167. The quantitative estimate of drug-likeness (QED) is 0.453. The van der Waals surface area contributed by atoms with Crippen LogP contribution >= 0.6 is 11.6 Å². The van der Waals surface area contributed by atoms with Crippen molar-refractivity contribution in [3.8, 4) is 5.75 Å². The van der Waals surface area contributed by atoms with Gasteiger partial charge >= 0.3 is 0 Å². The van der Waals surface area contributed by atoms with E-state index in [1.54, 1.807) is 12.1 Å². The molecule has 1 N–H and O–H groups in total. The molecule has 0 fully saturated rings. The lowest BCUT2D eigenvalue weighted by atomic mass is 10.1. The Bertz CT molecular complexity index is 1120. The number of nitrogens with one attached hydrogen (secondary N) is 1. The van der Waals surface area contributed by atoms with Gasteiger partial charge in [-0.05, 0) is 48.4 Å². The topological polar surface area (TPSA) is 56.2 Å². The van der Waals surface area contributed by atoms with Crippen LogP contribution in [0.3, 0.4) is 0 Å². The van der Waals surface area contributed by atoms with Crippen molar-refractivity contribution in [2.45, 2.75) is 19.6 Å². The van der Waals surface area contributed by atoms with Gasteiger partial charge in [0.25, 0.3) is 0 Å². The molecule has 0 spiro atoms. The number of imidazole rings is 1. The van der Waals surface area contributed by atoms with Crippen molar-refractivity contribution < 1.29 is 9.53 Å². The number of ether oxygens (including phenoxy) is 1. The van der Waals surface area contributed by atoms with Crippen molar-refractivity contribution in [1.29, 1.82) is 0 Å². The standard InChI is InChI=1S/C24H22ClN3O2/c25-19-10-12-20(13-11-19)30-17-23-27-21-8-4-5-9-22(21)28(23)16-24(29)26-15-14-18-6-2-1-3-7-18/h1-13H,14-17H2,(H,26,29). The molecule has 1 heterocycles. The third-order valence-electron chi connectivity index (χ3n) is 4.80. The fourth-order valence-electron chi connectivity index (χ4n) is 3.28. The van der Waals surface area contributed by atoms with Crippen LogP contribution < -0.4 is 10.1 Å². The third-order valence-corrected chi connectivity index (χ3v) is 5.05. The predicted molar refractivity (Wildman–Crippen MR) is 119 cm³/mol. The molecule has 0 saturated heterocycles. The van der Waals surface area contributed by atoms with Gasteiger partial charge in [0.1, 0.15) is 24.7 Å². The summed E-state index contributed by atoms with van der Waals surface area (Å²) in [5, 5.41) is 3.65. The van der Waals surface area contributed by atoms with E-state index >= 15 is 0 Å². The van der Waals surface area contributed by atoms with Gasteiger partial charge in [-0.25, -0.2) is 4.98 Å². The molecular weight excluding hydrogens is 398 g/mol. The van der Waals surface area contributed by atoms with Gasteiger partial charge in [-0.15, -0.1) is 0 Å². The van der Waals surface area contributed by atoms with Crippen LogP contribution in [-0.2, 0) is 24.4 Å². The molecule has 0 aliphatic rings. The van der Waals surface area contributed by atoms with E-state index < -0.39 is 0 Å². The Kier molecular flexibility index (Phi) is 6.30. The molecule has 5 nitrogen and oxygen atoms in total. The van der Waals surface area contributed by atoms with Crippen molar-refractivity contribution in [2.24, 2.45) is 0 Å². The Morgan fingerprint density at radius 1 is 0.967 bits per heavy atom. The van der Waals surface area contributed by atoms with Crippen LogP contribution in [0.4, 0.5) is 0 Å². The lowest BCUT2D eigenvalue weighted by Gasteiger charge is -2.11. The molecule has 3 aromatic carbocycles. The summed E-state index contributed by atoms with van der Waals surface area (Å²) in [6, 6.07) is 25.1. The highest BCUT2D eigenvalue weighted by Gasteiger charge is 2.14. The van der Waals surface area contributed by atoms with Crippen molar-refractivity contribution in [3.63, 3.8) is 0 Å². The molecule has 30 heavy (non-hydrogen) atoms.